The number of nitrogens with zero attached hydrogens (tertiary/aromatic N) is 2. The predicted molar refractivity (Wildman–Crippen MR) is 114 cm³/mol. The second-order valence-electron chi connectivity index (χ2n) is 6.97. The van der Waals surface area contributed by atoms with Gasteiger partial charge in [-0.3, -0.25) is 19.7 Å². The molecule has 0 bridgehead atoms. The van der Waals surface area contributed by atoms with Crippen molar-refractivity contribution >= 4 is 34.4 Å². The van der Waals surface area contributed by atoms with Gasteiger partial charge in [0.2, 0.25) is 0 Å². The number of halogens is 1. The highest BCUT2D eigenvalue weighted by Gasteiger charge is 2.40. The van der Waals surface area contributed by atoms with E-state index in [1.54, 1.807) is 12.1 Å². The molecule has 1 aliphatic rings. The molecule has 0 radical (unpaired) electrons. The van der Waals surface area contributed by atoms with Crippen LogP contribution in [-0.4, -0.2) is 16.7 Å². The number of anilines is 2. The van der Waals surface area contributed by atoms with E-state index in [1.807, 2.05) is 19.1 Å². The van der Waals surface area contributed by atoms with Crippen LogP contribution in [0.1, 0.15) is 11.1 Å². The molecule has 0 saturated heterocycles. The Bertz CT molecular complexity index is 1250. The molecule has 3 aromatic carbocycles. The minimum atomic E-state index is -0.653. The minimum Gasteiger partial charge on any atom is -0.350 e. The first-order valence-corrected chi connectivity index (χ1v) is 9.32. The van der Waals surface area contributed by atoms with Crippen LogP contribution in [0.5, 0.6) is 0 Å². The van der Waals surface area contributed by atoms with Crippen LogP contribution in [0, 0.1) is 22.9 Å². The van der Waals surface area contributed by atoms with Gasteiger partial charge in [-0.25, -0.2) is 9.29 Å². The Morgan fingerprint density at radius 2 is 1.65 bits per heavy atom. The Labute approximate surface area is 176 Å². The molecule has 1 aliphatic heterocycles. The molecule has 4 rings (SSSR count). The summed E-state index contributed by atoms with van der Waals surface area (Å²) in [7, 11) is 0. The largest absolute Gasteiger partial charge is 0.350 e. The molecule has 0 saturated carbocycles. The number of rotatable bonds is 5. The van der Waals surface area contributed by atoms with E-state index >= 15 is 0 Å². The molecule has 154 valence electrons. The van der Waals surface area contributed by atoms with Crippen LogP contribution in [0.25, 0.3) is 5.57 Å². The first-order chi connectivity index (χ1) is 14.8. The van der Waals surface area contributed by atoms with Gasteiger partial charge in [0.05, 0.1) is 16.2 Å². The van der Waals surface area contributed by atoms with Crippen molar-refractivity contribution in [2.24, 2.45) is 0 Å². The maximum atomic E-state index is 13.8. The lowest BCUT2D eigenvalue weighted by Crippen LogP contribution is -2.32. The second-order valence-corrected chi connectivity index (χ2v) is 6.97. The number of hydrogen-bond acceptors (Lipinski definition) is 5. The number of carbonyl (C=O) groups is 2. The molecule has 0 fully saturated rings. The van der Waals surface area contributed by atoms with Gasteiger partial charge in [0.25, 0.3) is 17.5 Å². The van der Waals surface area contributed by atoms with Crippen molar-refractivity contribution in [1.29, 1.82) is 0 Å². The van der Waals surface area contributed by atoms with Crippen LogP contribution in [0.2, 0.25) is 0 Å². The van der Waals surface area contributed by atoms with Gasteiger partial charge in [-0.15, -0.1) is 0 Å². The summed E-state index contributed by atoms with van der Waals surface area (Å²) in [6.45, 7) is 1.89. The number of amides is 2. The summed E-state index contributed by atoms with van der Waals surface area (Å²) in [5.41, 5.74) is 1.88. The van der Waals surface area contributed by atoms with Gasteiger partial charge in [0, 0.05) is 17.8 Å². The van der Waals surface area contributed by atoms with Crippen LogP contribution < -0.4 is 10.2 Å². The Hall–Kier alpha value is -4.33. The van der Waals surface area contributed by atoms with Crippen molar-refractivity contribution in [2.75, 3.05) is 10.2 Å². The van der Waals surface area contributed by atoms with E-state index in [9.17, 15) is 24.1 Å². The van der Waals surface area contributed by atoms with E-state index < -0.39 is 22.6 Å². The lowest BCUT2D eigenvalue weighted by Gasteiger charge is -2.15. The van der Waals surface area contributed by atoms with E-state index in [4.69, 9.17) is 0 Å². The van der Waals surface area contributed by atoms with Crippen molar-refractivity contribution < 1.29 is 18.9 Å². The van der Waals surface area contributed by atoms with E-state index in [0.717, 1.165) is 16.5 Å². The summed E-state index contributed by atoms with van der Waals surface area (Å²) < 4.78 is 13.8. The Morgan fingerprint density at radius 1 is 0.935 bits per heavy atom. The fourth-order valence-corrected chi connectivity index (χ4v) is 3.38. The van der Waals surface area contributed by atoms with Crippen molar-refractivity contribution in [3.05, 3.63) is 106 Å². The molecular weight excluding hydrogens is 401 g/mol. The fourth-order valence-electron chi connectivity index (χ4n) is 3.38. The smallest absolute Gasteiger partial charge is 0.282 e. The standard InChI is InChI=1S/C23H16FN3O4/c1-14-4-2-6-17(12-14)25-21-20(15-8-10-18(11-9-15)27(30)31)22(28)26(23(21)29)19-7-3-5-16(24)13-19/h2-13,25H,1H3. The van der Waals surface area contributed by atoms with Gasteiger partial charge in [0.1, 0.15) is 11.5 Å². The Kier molecular flexibility index (Phi) is 5.04. The van der Waals surface area contributed by atoms with Gasteiger partial charge in [-0.05, 0) is 60.5 Å². The Balaban J connectivity index is 1.83. The summed E-state index contributed by atoms with van der Waals surface area (Å²) >= 11 is 0. The summed E-state index contributed by atoms with van der Waals surface area (Å²) in [4.78, 5) is 37.8. The molecular formula is C23H16FN3O4. The van der Waals surface area contributed by atoms with Crippen molar-refractivity contribution in [2.45, 2.75) is 6.92 Å². The topological polar surface area (TPSA) is 92.6 Å². The van der Waals surface area contributed by atoms with Crippen LogP contribution in [0.3, 0.4) is 0 Å². The van der Waals surface area contributed by atoms with E-state index in [-0.39, 0.29) is 22.6 Å². The Morgan fingerprint density at radius 3 is 2.29 bits per heavy atom. The quantitative estimate of drug-likeness (QED) is 0.376. The summed E-state index contributed by atoms with van der Waals surface area (Å²) in [6.07, 6.45) is 0. The van der Waals surface area contributed by atoms with Gasteiger partial charge >= 0.3 is 0 Å². The maximum Gasteiger partial charge on any atom is 0.282 e. The molecule has 7 nitrogen and oxygen atoms in total. The molecule has 8 heteroatoms. The number of benzene rings is 3. The number of carbonyl (C=O) groups excluding carboxylic acids is 2. The normalized spacial score (nSPS) is 13.7. The zero-order chi connectivity index (χ0) is 22.1. The molecule has 0 aliphatic carbocycles. The first kappa shape index (κ1) is 20.0. The van der Waals surface area contributed by atoms with Crippen LogP contribution in [0.15, 0.2) is 78.5 Å². The molecule has 0 aromatic heterocycles. The van der Waals surface area contributed by atoms with Crippen molar-refractivity contribution in [1.82, 2.24) is 0 Å². The monoisotopic (exact) mass is 417 g/mol. The maximum absolute atomic E-state index is 13.8. The number of nitro groups is 1. The molecule has 1 N–H and O–H groups in total. The first-order valence-electron chi connectivity index (χ1n) is 9.32. The average molecular weight is 417 g/mol. The fraction of sp³-hybridized carbons (Fsp3) is 0.0435. The van der Waals surface area contributed by atoms with Crippen molar-refractivity contribution in [3.63, 3.8) is 0 Å². The van der Waals surface area contributed by atoms with Crippen molar-refractivity contribution in [3.8, 4) is 0 Å². The molecule has 3 aromatic rings. The molecule has 1 heterocycles. The van der Waals surface area contributed by atoms with Gasteiger partial charge in [-0.1, -0.05) is 18.2 Å². The molecule has 2 amide bonds. The van der Waals surface area contributed by atoms with Gasteiger partial charge in [0.15, 0.2) is 0 Å². The van der Waals surface area contributed by atoms with Crippen LogP contribution >= 0.6 is 0 Å². The van der Waals surface area contributed by atoms with Gasteiger partial charge in [-0.2, -0.15) is 0 Å². The number of non-ortho nitro benzene ring substituents is 1. The summed E-state index contributed by atoms with van der Waals surface area (Å²) in [6, 6.07) is 17.8. The number of hydrogen-bond donors (Lipinski definition) is 1. The summed E-state index contributed by atoms with van der Waals surface area (Å²) in [5, 5.41) is 14.0. The minimum absolute atomic E-state index is 0.00807. The average Bonchev–Trinajstić information content (AvgIpc) is 2.97. The van der Waals surface area contributed by atoms with E-state index in [1.165, 1.54) is 42.5 Å². The second kappa shape index (κ2) is 7.83. The lowest BCUT2D eigenvalue weighted by molar-refractivity contribution is -0.384. The lowest BCUT2D eigenvalue weighted by atomic mass is 10.0. The molecule has 0 spiro atoms. The zero-order valence-corrected chi connectivity index (χ0v) is 16.3. The SMILES string of the molecule is Cc1cccc(NC2=C(c3ccc([N+](=O)[O-])cc3)C(=O)N(c3cccc(F)c3)C2=O)c1. The molecule has 31 heavy (non-hydrogen) atoms. The van der Waals surface area contributed by atoms with E-state index in [0.29, 0.717) is 11.3 Å². The number of nitro benzene ring substituents is 1. The highest BCUT2D eigenvalue weighted by Crippen LogP contribution is 2.34. The highest BCUT2D eigenvalue weighted by atomic mass is 19.1. The van der Waals surface area contributed by atoms with E-state index in [2.05, 4.69) is 5.32 Å². The zero-order valence-electron chi connectivity index (χ0n) is 16.3. The number of nitrogens with one attached hydrogen (secondary N) is 1. The van der Waals surface area contributed by atoms with Gasteiger partial charge < -0.3 is 5.32 Å². The molecule has 0 atom stereocenters. The van der Waals surface area contributed by atoms with Crippen LogP contribution in [0.4, 0.5) is 21.5 Å². The van der Waals surface area contributed by atoms with Crippen LogP contribution in [-0.2, 0) is 9.59 Å². The number of aryl methyl sites for hydroxylation is 1. The predicted octanol–water partition coefficient (Wildman–Crippen LogP) is 4.44. The third-order valence-corrected chi connectivity index (χ3v) is 4.80. The third kappa shape index (κ3) is 3.78. The molecule has 0 unspecified atom stereocenters. The number of imide groups is 1. The highest BCUT2D eigenvalue weighted by molar-refractivity contribution is 6.46. The third-order valence-electron chi connectivity index (χ3n) is 4.80. The summed E-state index contributed by atoms with van der Waals surface area (Å²) in [5.74, 6) is -1.89.